The third-order valence-electron chi connectivity index (χ3n) is 6.57. The first-order valence-electron chi connectivity index (χ1n) is 12.2. The molecule has 1 aromatic heterocycles. The Balaban J connectivity index is 1.41. The smallest absolute Gasteiger partial charge is 0.271 e. The summed E-state index contributed by atoms with van der Waals surface area (Å²) in [4.78, 5) is 12.5. The summed E-state index contributed by atoms with van der Waals surface area (Å²) in [6.07, 6.45) is 4.04. The lowest BCUT2D eigenvalue weighted by Crippen LogP contribution is -2.33. The summed E-state index contributed by atoms with van der Waals surface area (Å²) in [5.41, 5.74) is 1.85. The van der Waals surface area contributed by atoms with Crippen LogP contribution in [0.4, 0.5) is 0 Å². The minimum absolute atomic E-state index is 0.00842. The van der Waals surface area contributed by atoms with Gasteiger partial charge < -0.3 is 0 Å². The van der Waals surface area contributed by atoms with E-state index in [0.29, 0.717) is 0 Å². The van der Waals surface area contributed by atoms with Crippen LogP contribution in [-0.4, -0.2) is 15.9 Å². The maximum Gasteiger partial charge on any atom is 0.271 e. The molecule has 0 aliphatic heterocycles. The lowest BCUT2D eigenvalue weighted by Gasteiger charge is -2.27. The molecule has 0 spiro atoms. The first-order chi connectivity index (χ1) is 17.3. The fourth-order valence-corrected chi connectivity index (χ4v) is 9.30. The lowest BCUT2D eigenvalue weighted by molar-refractivity contribution is 0.750. The zero-order valence-electron chi connectivity index (χ0n) is 19.8. The first-order valence-corrected chi connectivity index (χ1v) is 14.2. The van der Waals surface area contributed by atoms with E-state index in [1.807, 2.05) is 30.3 Å². The number of aromatic amines is 1. The molecular formula is C31H30N2OP+. The summed E-state index contributed by atoms with van der Waals surface area (Å²) in [5, 5.41) is 7.56. The molecule has 0 saturated heterocycles. The Kier molecular flexibility index (Phi) is 7.07. The van der Waals surface area contributed by atoms with Crippen LogP contribution < -0.4 is 21.5 Å². The van der Waals surface area contributed by atoms with Crippen LogP contribution in [0.5, 0.6) is 0 Å². The van der Waals surface area contributed by atoms with E-state index in [1.165, 1.54) is 15.9 Å². The highest BCUT2D eigenvalue weighted by atomic mass is 31.2. The number of H-pyrrole nitrogens is 1. The van der Waals surface area contributed by atoms with Gasteiger partial charge in [-0.1, -0.05) is 72.8 Å². The van der Waals surface area contributed by atoms with Crippen molar-refractivity contribution < 1.29 is 0 Å². The van der Waals surface area contributed by atoms with Gasteiger partial charge >= 0.3 is 0 Å². The molecule has 0 atom stereocenters. The normalized spacial score (nSPS) is 11.4. The molecule has 0 fully saturated rings. The van der Waals surface area contributed by atoms with Gasteiger partial charge in [-0.2, -0.15) is 0 Å². The molecule has 4 heteroatoms. The number of nitrogens with one attached hydrogen (secondary N) is 1. The van der Waals surface area contributed by atoms with Gasteiger partial charge in [-0.05, 0) is 67.8 Å². The number of hydrogen-bond donors (Lipinski definition) is 1. The highest BCUT2D eigenvalue weighted by Crippen LogP contribution is 2.55. The van der Waals surface area contributed by atoms with Crippen molar-refractivity contribution in [2.75, 3.05) is 6.16 Å². The van der Waals surface area contributed by atoms with E-state index in [1.54, 1.807) is 10.7 Å². The molecule has 0 bridgehead atoms. The van der Waals surface area contributed by atoms with Gasteiger partial charge in [0.25, 0.3) is 5.56 Å². The second kappa shape index (κ2) is 10.7. The number of nitrogens with zero attached hydrogens (tertiary/aromatic N) is 1. The topological polar surface area (TPSA) is 37.8 Å². The molecule has 0 saturated carbocycles. The van der Waals surface area contributed by atoms with E-state index in [-0.39, 0.29) is 5.56 Å². The monoisotopic (exact) mass is 477 g/mol. The van der Waals surface area contributed by atoms with Crippen LogP contribution in [0, 0.1) is 0 Å². The number of rotatable bonds is 9. The van der Waals surface area contributed by atoms with E-state index in [0.717, 1.165) is 36.8 Å². The quantitative estimate of drug-likeness (QED) is 0.222. The fourth-order valence-electron chi connectivity index (χ4n) is 4.89. The molecule has 0 radical (unpaired) electrons. The van der Waals surface area contributed by atoms with Gasteiger partial charge in [0.2, 0.25) is 0 Å². The van der Waals surface area contributed by atoms with Gasteiger partial charge in [0.05, 0.1) is 11.8 Å². The molecule has 1 N–H and O–H groups in total. The fraction of sp³-hybridized carbons (Fsp3) is 0.129. The van der Waals surface area contributed by atoms with Crippen LogP contribution in [0.2, 0.25) is 0 Å². The maximum absolute atomic E-state index is 12.5. The number of hydrogen-bond acceptors (Lipinski definition) is 1. The molecule has 4 aromatic carbocycles. The van der Waals surface area contributed by atoms with Crippen molar-refractivity contribution >= 4 is 23.2 Å². The Bertz CT molecular complexity index is 1300. The van der Waals surface area contributed by atoms with Crippen LogP contribution >= 0.6 is 7.26 Å². The Morgan fingerprint density at radius 3 is 1.54 bits per heavy atom. The van der Waals surface area contributed by atoms with Gasteiger partial charge in [-0.25, -0.2) is 4.68 Å². The second-order valence-electron chi connectivity index (χ2n) is 8.79. The number of aromatic nitrogens is 2. The SMILES string of the molecule is O=c1cc(CCCC[P+](c2ccccc2)(c2ccccc2)c2ccccc2)[nH]n1-c1ccccc1. The summed E-state index contributed by atoms with van der Waals surface area (Å²) in [7, 11) is -1.80. The van der Waals surface area contributed by atoms with Crippen molar-refractivity contribution in [3.05, 3.63) is 143 Å². The van der Waals surface area contributed by atoms with Crippen molar-refractivity contribution in [2.24, 2.45) is 0 Å². The Labute approximate surface area is 207 Å². The van der Waals surface area contributed by atoms with E-state index in [9.17, 15) is 4.79 Å². The Morgan fingerprint density at radius 1 is 0.600 bits per heavy atom. The number of aryl methyl sites for hydroxylation is 1. The predicted octanol–water partition coefficient (Wildman–Crippen LogP) is 5.48. The molecule has 0 unspecified atom stereocenters. The minimum Gasteiger partial charge on any atom is -0.295 e. The lowest BCUT2D eigenvalue weighted by atomic mass is 10.2. The average Bonchev–Trinajstić information content (AvgIpc) is 3.31. The summed E-state index contributed by atoms with van der Waals surface area (Å²) in [5.74, 6) is 0. The van der Waals surface area contributed by atoms with E-state index in [4.69, 9.17) is 0 Å². The molecular weight excluding hydrogens is 447 g/mol. The standard InChI is InChI=1S/C31H29N2OP/c34-31-25-26(32-33(31)27-16-5-1-6-17-27)15-13-14-24-35(28-18-7-2-8-19-28,29-20-9-3-10-21-29)30-22-11-4-12-23-30/h1-12,16-23,25H,13-15,24H2/p+1. The zero-order valence-corrected chi connectivity index (χ0v) is 20.6. The third kappa shape index (κ3) is 4.92. The maximum atomic E-state index is 12.5. The third-order valence-corrected chi connectivity index (χ3v) is 11.1. The van der Waals surface area contributed by atoms with E-state index < -0.39 is 7.26 Å². The van der Waals surface area contributed by atoms with Crippen LogP contribution in [0.3, 0.4) is 0 Å². The van der Waals surface area contributed by atoms with Gasteiger partial charge in [-0.3, -0.25) is 9.89 Å². The van der Waals surface area contributed by atoms with Crippen LogP contribution in [0.15, 0.2) is 132 Å². The molecule has 0 aliphatic rings. The molecule has 5 aromatic rings. The minimum atomic E-state index is -1.80. The van der Waals surface area contributed by atoms with Crippen LogP contribution in [-0.2, 0) is 6.42 Å². The highest BCUT2D eigenvalue weighted by molar-refractivity contribution is 7.95. The molecule has 174 valence electrons. The Hall–Kier alpha value is -3.68. The second-order valence-corrected chi connectivity index (χ2v) is 12.4. The van der Waals surface area contributed by atoms with Crippen molar-refractivity contribution in [1.29, 1.82) is 0 Å². The number of para-hydroxylation sites is 1. The average molecular weight is 478 g/mol. The predicted molar refractivity (Wildman–Crippen MR) is 149 cm³/mol. The summed E-state index contributed by atoms with van der Waals surface area (Å²) in [6, 6.07) is 44.5. The van der Waals surface area contributed by atoms with Crippen molar-refractivity contribution in [3.8, 4) is 5.69 Å². The highest BCUT2D eigenvalue weighted by Gasteiger charge is 2.44. The summed E-state index contributed by atoms with van der Waals surface area (Å²) >= 11 is 0. The number of unbranched alkanes of at least 4 members (excludes halogenated alkanes) is 1. The van der Waals surface area contributed by atoms with Gasteiger partial charge in [0, 0.05) is 11.8 Å². The molecule has 3 nitrogen and oxygen atoms in total. The van der Waals surface area contributed by atoms with Crippen molar-refractivity contribution in [2.45, 2.75) is 19.3 Å². The van der Waals surface area contributed by atoms with Crippen molar-refractivity contribution in [1.82, 2.24) is 9.78 Å². The summed E-state index contributed by atoms with van der Waals surface area (Å²) < 4.78 is 1.63. The van der Waals surface area contributed by atoms with Crippen LogP contribution in [0.25, 0.3) is 5.69 Å². The van der Waals surface area contributed by atoms with Gasteiger partial charge in [0.15, 0.2) is 0 Å². The summed E-state index contributed by atoms with van der Waals surface area (Å²) in [6.45, 7) is 0. The van der Waals surface area contributed by atoms with E-state index in [2.05, 4.69) is 96.1 Å². The first kappa shape index (κ1) is 23.1. The zero-order chi connectivity index (χ0) is 23.9. The van der Waals surface area contributed by atoms with E-state index >= 15 is 0 Å². The number of benzene rings is 4. The molecule has 0 aliphatic carbocycles. The van der Waals surface area contributed by atoms with Gasteiger partial charge in [-0.15, -0.1) is 0 Å². The van der Waals surface area contributed by atoms with Gasteiger partial charge in [0.1, 0.15) is 23.2 Å². The molecule has 5 rings (SSSR count). The van der Waals surface area contributed by atoms with Crippen molar-refractivity contribution in [3.63, 3.8) is 0 Å². The molecule has 1 heterocycles. The molecule has 0 amide bonds. The molecule has 35 heavy (non-hydrogen) atoms. The Morgan fingerprint density at radius 2 is 1.06 bits per heavy atom. The van der Waals surface area contributed by atoms with Crippen LogP contribution in [0.1, 0.15) is 18.5 Å². The largest absolute Gasteiger partial charge is 0.295 e.